The molecule has 0 aliphatic rings. The zero-order valence-electron chi connectivity index (χ0n) is 39.9. The van der Waals surface area contributed by atoms with Crippen molar-refractivity contribution in [2.75, 3.05) is 0 Å². The maximum Gasteiger partial charge on any atom is 0.157 e. The van der Waals surface area contributed by atoms with Gasteiger partial charge in [0.05, 0.1) is 38.0 Å². The third-order valence-electron chi connectivity index (χ3n) is 13.6. The molecule has 324 valence electrons. The van der Waals surface area contributed by atoms with Gasteiger partial charge >= 0.3 is 0 Å². The van der Waals surface area contributed by atoms with E-state index >= 15 is 0 Å². The minimum Gasteiger partial charge on any atom is -0.309 e. The molecule has 5 heteroatoms. The lowest BCUT2D eigenvalue weighted by Crippen LogP contribution is -2.10. The van der Waals surface area contributed by atoms with Crippen molar-refractivity contribution >= 4 is 76.4 Å². The average molecular weight is 860 g/mol. The molecule has 4 nitrogen and oxygen atoms in total. The van der Waals surface area contributed by atoms with Crippen molar-refractivity contribution in [1.82, 2.24) is 13.1 Å². The Morgan fingerprint density at radius 1 is 0.344 bits per heavy atom. The van der Waals surface area contributed by atoms with Gasteiger partial charge in [0.2, 0.25) is 0 Å². The summed E-state index contributed by atoms with van der Waals surface area (Å²) in [4.78, 5) is 0.774. The molecule has 0 radical (unpaired) electrons. The van der Waals surface area contributed by atoms with Gasteiger partial charge in [-0.1, -0.05) is 125 Å². The molecule has 0 aliphatic carbocycles. The maximum atomic E-state index is 14.9. The van der Waals surface area contributed by atoms with Gasteiger partial charge in [0.1, 0.15) is 0 Å². The van der Waals surface area contributed by atoms with Crippen LogP contribution < -0.4 is 0 Å². The molecule has 3 aromatic heterocycles. The van der Waals surface area contributed by atoms with Gasteiger partial charge in [-0.05, 0) is 148 Å². The van der Waals surface area contributed by atoms with Crippen LogP contribution in [0.4, 0.5) is 0 Å². The Morgan fingerprint density at radius 3 is 0.922 bits per heavy atom. The highest BCUT2D eigenvalue weighted by atomic mass is 32.2. The van der Waals surface area contributed by atoms with E-state index in [1.165, 1.54) is 65.9 Å². The Bertz CT molecular complexity index is 3200. The fourth-order valence-electron chi connectivity index (χ4n) is 9.65. The molecule has 0 aliphatic heterocycles. The first-order chi connectivity index (χ1) is 30.1. The van der Waals surface area contributed by atoms with Crippen molar-refractivity contribution in [1.29, 1.82) is 0 Å². The van der Waals surface area contributed by atoms with E-state index in [9.17, 15) is 4.21 Å². The number of hydrogen-bond acceptors (Lipinski definition) is 1. The van der Waals surface area contributed by atoms with E-state index in [4.69, 9.17) is 0 Å². The second kappa shape index (κ2) is 14.3. The topological polar surface area (TPSA) is 31.9 Å². The summed E-state index contributed by atoms with van der Waals surface area (Å²) in [6.45, 7) is 29.5. The van der Waals surface area contributed by atoms with Gasteiger partial charge in [0.15, 0.2) is 11.0 Å². The van der Waals surface area contributed by atoms with Gasteiger partial charge in [-0.3, -0.25) is 3.97 Å². The van der Waals surface area contributed by atoms with Gasteiger partial charge in [0.25, 0.3) is 0 Å². The molecule has 64 heavy (non-hydrogen) atoms. The molecule has 0 saturated carbocycles. The Morgan fingerprint density at radius 2 is 0.625 bits per heavy atom. The van der Waals surface area contributed by atoms with Crippen LogP contribution in [-0.4, -0.2) is 17.3 Å². The molecule has 0 spiro atoms. The van der Waals surface area contributed by atoms with Crippen LogP contribution in [0.3, 0.4) is 0 Å². The van der Waals surface area contributed by atoms with E-state index in [1.807, 2.05) is 28.2 Å². The number of benzene rings is 7. The van der Waals surface area contributed by atoms with E-state index in [-0.39, 0.29) is 21.7 Å². The Labute approximate surface area is 381 Å². The highest BCUT2D eigenvalue weighted by molar-refractivity contribution is 7.84. The lowest BCUT2D eigenvalue weighted by atomic mass is 9.85. The Balaban J connectivity index is 1.27. The summed E-state index contributed by atoms with van der Waals surface area (Å²) in [5.74, 6) is 0. The van der Waals surface area contributed by atoms with Crippen LogP contribution in [0.1, 0.15) is 111 Å². The third kappa shape index (κ3) is 6.81. The third-order valence-corrected chi connectivity index (χ3v) is 15.0. The highest BCUT2D eigenvalue weighted by Crippen LogP contribution is 2.42. The molecule has 0 saturated heterocycles. The first-order valence-corrected chi connectivity index (χ1v) is 23.9. The Kier molecular flexibility index (Phi) is 9.40. The number of aryl methyl sites for hydroxylation is 1. The molecule has 0 bridgehead atoms. The van der Waals surface area contributed by atoms with E-state index in [0.717, 1.165) is 43.6 Å². The average Bonchev–Trinajstić information content (AvgIpc) is 3.86. The molecule has 1 atom stereocenters. The zero-order valence-corrected chi connectivity index (χ0v) is 40.7. The monoisotopic (exact) mass is 859 g/mol. The molecule has 1 unspecified atom stereocenters. The van der Waals surface area contributed by atoms with E-state index in [1.54, 1.807) is 0 Å². The molecule has 7 aromatic carbocycles. The van der Waals surface area contributed by atoms with Crippen molar-refractivity contribution in [2.24, 2.45) is 0 Å². The van der Waals surface area contributed by atoms with Gasteiger partial charge < -0.3 is 9.13 Å². The van der Waals surface area contributed by atoms with Crippen LogP contribution in [0, 0.1) is 6.92 Å². The van der Waals surface area contributed by atoms with Crippen LogP contribution in [-0.2, 0) is 32.6 Å². The van der Waals surface area contributed by atoms with Crippen LogP contribution in [0.2, 0.25) is 0 Å². The lowest BCUT2D eigenvalue weighted by molar-refractivity contribution is 0.590. The highest BCUT2D eigenvalue weighted by Gasteiger charge is 2.25. The van der Waals surface area contributed by atoms with Crippen LogP contribution in [0.5, 0.6) is 0 Å². The van der Waals surface area contributed by atoms with Crippen LogP contribution in [0.15, 0.2) is 138 Å². The van der Waals surface area contributed by atoms with Gasteiger partial charge in [-0.2, -0.15) is 0 Å². The summed E-state index contributed by atoms with van der Waals surface area (Å²) in [7, 11) is -1.49. The quantitative estimate of drug-likeness (QED) is 0.173. The standard InChI is InChI=1S/C59H61N3OS/c1-36-14-22-43(23-15-36)64(63)62-54-28-20-41(60-50-24-16-37(56(2,3)4)30-44(50)45-31-38(57(5,6)7)17-25-51(45)60)34-48(54)49-35-42(21-29-55(49)62)61-52-26-18-39(58(8,9)10)32-46(52)47-33-40(59(11,12)13)19-27-53(47)61/h14-35H,1-13H3. The second-order valence-corrected chi connectivity index (χ2v) is 23.7. The second-order valence-electron chi connectivity index (χ2n) is 22.4. The molecule has 0 N–H and O–H groups in total. The lowest BCUT2D eigenvalue weighted by Gasteiger charge is -2.19. The summed E-state index contributed by atoms with van der Waals surface area (Å²) >= 11 is 0. The first-order valence-electron chi connectivity index (χ1n) is 22.8. The first kappa shape index (κ1) is 42.1. The number of hydrogen-bond donors (Lipinski definition) is 0. The maximum absolute atomic E-state index is 14.9. The zero-order chi connectivity index (χ0) is 45.4. The summed E-state index contributed by atoms with van der Waals surface area (Å²) < 4.78 is 21.8. The minimum atomic E-state index is -1.49. The van der Waals surface area contributed by atoms with Crippen molar-refractivity contribution in [2.45, 2.75) is 117 Å². The molecular formula is C59H61N3OS. The van der Waals surface area contributed by atoms with Crippen molar-refractivity contribution in [3.8, 4) is 11.4 Å². The van der Waals surface area contributed by atoms with Crippen LogP contribution in [0.25, 0.3) is 76.8 Å². The molecule has 0 amide bonds. The molecule has 10 rings (SSSR count). The number of fused-ring (bicyclic) bond motifs is 9. The van der Waals surface area contributed by atoms with Crippen LogP contribution >= 0.6 is 0 Å². The van der Waals surface area contributed by atoms with Gasteiger partial charge in [-0.15, -0.1) is 0 Å². The van der Waals surface area contributed by atoms with E-state index < -0.39 is 11.0 Å². The number of aromatic nitrogens is 3. The molecular weight excluding hydrogens is 799 g/mol. The fourth-order valence-corrected chi connectivity index (χ4v) is 10.9. The predicted octanol–water partition coefficient (Wildman–Crippen LogP) is 16.1. The van der Waals surface area contributed by atoms with Crippen molar-refractivity contribution in [3.63, 3.8) is 0 Å². The fraction of sp³-hybridized carbons (Fsp3) is 0.288. The molecule has 3 heterocycles. The van der Waals surface area contributed by atoms with Gasteiger partial charge in [-0.25, -0.2) is 4.21 Å². The largest absolute Gasteiger partial charge is 0.309 e. The van der Waals surface area contributed by atoms with Gasteiger partial charge in [0, 0.05) is 43.7 Å². The Hall–Kier alpha value is -5.91. The van der Waals surface area contributed by atoms with E-state index in [0.29, 0.717) is 0 Å². The summed E-state index contributed by atoms with van der Waals surface area (Å²) in [6, 6.07) is 49.6. The number of rotatable bonds is 4. The summed E-state index contributed by atoms with van der Waals surface area (Å²) in [5, 5.41) is 7.16. The van der Waals surface area contributed by atoms with E-state index in [2.05, 4.69) is 208 Å². The smallest absolute Gasteiger partial charge is 0.157 e. The summed E-state index contributed by atoms with van der Waals surface area (Å²) in [6.07, 6.45) is 0. The summed E-state index contributed by atoms with van der Waals surface area (Å²) in [5.41, 5.74) is 15.2. The minimum absolute atomic E-state index is 0.00985. The van der Waals surface area contributed by atoms with Crippen molar-refractivity contribution < 1.29 is 4.21 Å². The SMILES string of the molecule is Cc1ccc(S(=O)n2c3ccc(-n4c5ccc(C(C)(C)C)cc5c5cc(C(C)(C)C)ccc54)cc3c3cc(-n4c5ccc(C(C)(C)C)cc5c5cc(C(C)(C)C)ccc54)ccc32)cc1. The molecule has 10 aromatic rings. The molecule has 0 fully saturated rings. The predicted molar refractivity (Wildman–Crippen MR) is 276 cm³/mol. The van der Waals surface area contributed by atoms with Crippen molar-refractivity contribution in [3.05, 3.63) is 161 Å². The number of nitrogens with zero attached hydrogens (tertiary/aromatic N) is 3. The normalized spacial score (nSPS) is 13.7.